The van der Waals surface area contributed by atoms with E-state index < -0.39 is 0 Å². The number of piperidine rings is 1. The van der Waals surface area contributed by atoms with Gasteiger partial charge in [-0.3, -0.25) is 0 Å². The second kappa shape index (κ2) is 6.41. The van der Waals surface area contributed by atoms with Gasteiger partial charge in [0.2, 0.25) is 0 Å². The lowest BCUT2D eigenvalue weighted by atomic mass is 9.92. The molecule has 0 saturated carbocycles. The van der Waals surface area contributed by atoms with Gasteiger partial charge in [0.15, 0.2) is 0 Å². The summed E-state index contributed by atoms with van der Waals surface area (Å²) in [6, 6.07) is 0.848. The van der Waals surface area contributed by atoms with Crippen LogP contribution in [0.25, 0.3) is 0 Å². The van der Waals surface area contributed by atoms with Crippen LogP contribution >= 0.6 is 0 Å². The van der Waals surface area contributed by atoms with Crippen molar-refractivity contribution in [2.45, 2.75) is 45.6 Å². The van der Waals surface area contributed by atoms with E-state index in [9.17, 15) is 0 Å². The van der Waals surface area contributed by atoms with Gasteiger partial charge >= 0.3 is 0 Å². The van der Waals surface area contributed by atoms with Crippen molar-refractivity contribution in [1.82, 2.24) is 10.2 Å². The minimum atomic E-state index is 0.824. The summed E-state index contributed by atoms with van der Waals surface area (Å²) in [4.78, 5) is 2.70. The second-order valence-corrected chi connectivity index (χ2v) is 4.80. The van der Waals surface area contributed by atoms with Crippen molar-refractivity contribution in [1.29, 1.82) is 0 Å². The summed E-state index contributed by atoms with van der Waals surface area (Å²) in [5.41, 5.74) is 0. The molecule has 2 heteroatoms. The van der Waals surface area contributed by atoms with E-state index in [1.165, 1.54) is 38.8 Å². The Kier molecular flexibility index (Phi) is 5.49. The second-order valence-electron chi connectivity index (χ2n) is 4.80. The highest BCUT2D eigenvalue weighted by Crippen LogP contribution is 2.22. The van der Waals surface area contributed by atoms with E-state index >= 15 is 0 Å². The molecule has 1 saturated heterocycles. The van der Waals surface area contributed by atoms with Gasteiger partial charge in [-0.2, -0.15) is 0 Å². The third kappa shape index (κ3) is 3.58. The average molecular weight is 198 g/mol. The molecule has 1 atom stereocenters. The van der Waals surface area contributed by atoms with Gasteiger partial charge in [-0.05, 0) is 51.9 Å². The fraction of sp³-hybridized carbons (Fsp3) is 1.00. The van der Waals surface area contributed by atoms with Crippen LogP contribution in [0, 0.1) is 5.92 Å². The molecule has 1 N–H and O–H groups in total. The molecule has 1 fully saturated rings. The zero-order chi connectivity index (χ0) is 10.4. The molecule has 84 valence electrons. The molecule has 0 spiro atoms. The SMILES string of the molecule is CNCCCN1CCCCC1C(C)C. The largest absolute Gasteiger partial charge is 0.320 e. The first-order chi connectivity index (χ1) is 6.75. The van der Waals surface area contributed by atoms with E-state index in [0.29, 0.717) is 0 Å². The van der Waals surface area contributed by atoms with Crippen LogP contribution in [0.4, 0.5) is 0 Å². The molecule has 0 amide bonds. The highest BCUT2D eigenvalue weighted by molar-refractivity contribution is 4.79. The third-order valence-corrected chi connectivity index (χ3v) is 3.31. The van der Waals surface area contributed by atoms with E-state index in [4.69, 9.17) is 0 Å². The monoisotopic (exact) mass is 198 g/mol. The van der Waals surface area contributed by atoms with Crippen LogP contribution in [-0.2, 0) is 0 Å². The maximum atomic E-state index is 3.22. The Morgan fingerprint density at radius 3 is 2.79 bits per heavy atom. The molecule has 0 aliphatic carbocycles. The van der Waals surface area contributed by atoms with Crippen LogP contribution in [-0.4, -0.2) is 37.6 Å². The molecule has 1 aliphatic rings. The Balaban J connectivity index is 2.30. The zero-order valence-electron chi connectivity index (χ0n) is 10.1. The zero-order valence-corrected chi connectivity index (χ0v) is 10.1. The van der Waals surface area contributed by atoms with Gasteiger partial charge in [0.25, 0.3) is 0 Å². The van der Waals surface area contributed by atoms with E-state index in [2.05, 4.69) is 24.1 Å². The van der Waals surface area contributed by atoms with E-state index in [-0.39, 0.29) is 0 Å². The quantitative estimate of drug-likeness (QED) is 0.681. The fourth-order valence-corrected chi connectivity index (χ4v) is 2.51. The first-order valence-corrected chi connectivity index (χ1v) is 6.14. The minimum absolute atomic E-state index is 0.824. The minimum Gasteiger partial charge on any atom is -0.320 e. The summed E-state index contributed by atoms with van der Waals surface area (Å²) in [6.45, 7) is 8.49. The first kappa shape index (κ1) is 12.0. The molecule has 2 nitrogen and oxygen atoms in total. The molecular formula is C12H26N2. The van der Waals surface area contributed by atoms with Gasteiger partial charge in [0, 0.05) is 6.04 Å². The molecule has 1 heterocycles. The molecule has 1 rings (SSSR count). The maximum absolute atomic E-state index is 3.22. The Labute approximate surface area is 89.1 Å². The highest BCUT2D eigenvalue weighted by Gasteiger charge is 2.23. The Hall–Kier alpha value is -0.0800. The van der Waals surface area contributed by atoms with Crippen LogP contribution < -0.4 is 5.32 Å². The lowest BCUT2D eigenvalue weighted by molar-refractivity contribution is 0.111. The number of nitrogens with one attached hydrogen (secondary N) is 1. The van der Waals surface area contributed by atoms with Crippen LogP contribution in [0.1, 0.15) is 39.5 Å². The number of likely N-dealkylation sites (tertiary alicyclic amines) is 1. The summed E-state index contributed by atoms with van der Waals surface area (Å²) < 4.78 is 0. The topological polar surface area (TPSA) is 15.3 Å². The third-order valence-electron chi connectivity index (χ3n) is 3.31. The smallest absolute Gasteiger partial charge is 0.0118 e. The van der Waals surface area contributed by atoms with Gasteiger partial charge in [0.1, 0.15) is 0 Å². The summed E-state index contributed by atoms with van der Waals surface area (Å²) in [7, 11) is 2.04. The van der Waals surface area contributed by atoms with Gasteiger partial charge in [-0.25, -0.2) is 0 Å². The van der Waals surface area contributed by atoms with Crippen LogP contribution in [0.5, 0.6) is 0 Å². The molecule has 1 aliphatic heterocycles. The fourth-order valence-electron chi connectivity index (χ4n) is 2.51. The van der Waals surface area contributed by atoms with Crippen LogP contribution in [0.2, 0.25) is 0 Å². The van der Waals surface area contributed by atoms with Crippen molar-refractivity contribution < 1.29 is 0 Å². The molecule has 0 aromatic carbocycles. The summed E-state index contributed by atoms with van der Waals surface area (Å²) in [5.74, 6) is 0.824. The summed E-state index contributed by atoms with van der Waals surface area (Å²) >= 11 is 0. The summed E-state index contributed by atoms with van der Waals surface area (Å²) in [6.07, 6.45) is 5.55. The van der Waals surface area contributed by atoms with Gasteiger partial charge in [0.05, 0.1) is 0 Å². The molecule has 1 unspecified atom stereocenters. The van der Waals surface area contributed by atoms with Crippen molar-refractivity contribution in [3.8, 4) is 0 Å². The molecule has 0 radical (unpaired) electrons. The summed E-state index contributed by atoms with van der Waals surface area (Å²) in [5, 5.41) is 3.22. The Bertz CT molecular complexity index is 145. The van der Waals surface area contributed by atoms with Crippen molar-refractivity contribution in [3.05, 3.63) is 0 Å². The van der Waals surface area contributed by atoms with E-state index in [0.717, 1.165) is 18.5 Å². The van der Waals surface area contributed by atoms with Crippen LogP contribution in [0.3, 0.4) is 0 Å². The van der Waals surface area contributed by atoms with Gasteiger partial charge in [-0.15, -0.1) is 0 Å². The molecular weight excluding hydrogens is 172 g/mol. The lowest BCUT2D eigenvalue weighted by Gasteiger charge is -2.38. The predicted molar refractivity (Wildman–Crippen MR) is 62.6 cm³/mol. The van der Waals surface area contributed by atoms with E-state index in [1.54, 1.807) is 0 Å². The standard InChI is InChI=1S/C12H26N2/c1-11(2)12-7-4-5-9-14(12)10-6-8-13-3/h11-13H,4-10H2,1-3H3. The van der Waals surface area contributed by atoms with Gasteiger partial charge in [-0.1, -0.05) is 20.3 Å². The first-order valence-electron chi connectivity index (χ1n) is 6.14. The Morgan fingerprint density at radius 1 is 1.36 bits per heavy atom. The van der Waals surface area contributed by atoms with Crippen molar-refractivity contribution >= 4 is 0 Å². The molecule has 14 heavy (non-hydrogen) atoms. The van der Waals surface area contributed by atoms with Crippen molar-refractivity contribution in [2.24, 2.45) is 5.92 Å². The highest BCUT2D eigenvalue weighted by atomic mass is 15.2. The van der Waals surface area contributed by atoms with Gasteiger partial charge < -0.3 is 10.2 Å². The Morgan fingerprint density at radius 2 is 2.14 bits per heavy atom. The van der Waals surface area contributed by atoms with Crippen LogP contribution in [0.15, 0.2) is 0 Å². The maximum Gasteiger partial charge on any atom is 0.0118 e. The van der Waals surface area contributed by atoms with Crippen molar-refractivity contribution in [2.75, 3.05) is 26.7 Å². The molecule has 0 aromatic heterocycles. The number of hydrogen-bond donors (Lipinski definition) is 1. The normalized spacial score (nSPS) is 24.4. The molecule has 0 aromatic rings. The van der Waals surface area contributed by atoms with E-state index in [1.807, 2.05) is 7.05 Å². The number of rotatable bonds is 5. The average Bonchev–Trinajstić information content (AvgIpc) is 2.19. The molecule has 0 bridgehead atoms. The number of hydrogen-bond acceptors (Lipinski definition) is 2. The van der Waals surface area contributed by atoms with Crippen molar-refractivity contribution in [3.63, 3.8) is 0 Å². The lowest BCUT2D eigenvalue weighted by Crippen LogP contribution is -2.43. The predicted octanol–water partition coefficient (Wildman–Crippen LogP) is 2.11. The number of nitrogens with zero attached hydrogens (tertiary/aromatic N) is 1.